The molecule has 1 aliphatic heterocycles. The van der Waals surface area contributed by atoms with Gasteiger partial charge in [-0.15, -0.1) is 0 Å². The van der Waals surface area contributed by atoms with Crippen LogP contribution in [-0.4, -0.2) is 22.4 Å². The SMILES string of the molecule is CCCC1CCCC2(CC2)N1C(=O)C(C)C. The lowest BCUT2D eigenvalue weighted by molar-refractivity contribution is -0.143. The van der Waals surface area contributed by atoms with Gasteiger partial charge in [-0.2, -0.15) is 0 Å². The van der Waals surface area contributed by atoms with Crippen LogP contribution in [0.15, 0.2) is 0 Å². The second-order valence-electron chi connectivity index (χ2n) is 5.92. The van der Waals surface area contributed by atoms with E-state index >= 15 is 0 Å². The van der Waals surface area contributed by atoms with Crippen LogP contribution in [0, 0.1) is 5.92 Å². The average Bonchev–Trinajstić information content (AvgIpc) is 2.98. The van der Waals surface area contributed by atoms with E-state index < -0.39 is 0 Å². The summed E-state index contributed by atoms with van der Waals surface area (Å²) in [4.78, 5) is 14.7. The second kappa shape index (κ2) is 4.38. The maximum Gasteiger partial charge on any atom is 0.225 e. The van der Waals surface area contributed by atoms with Crippen LogP contribution in [0.3, 0.4) is 0 Å². The second-order valence-corrected chi connectivity index (χ2v) is 5.92. The average molecular weight is 223 g/mol. The van der Waals surface area contributed by atoms with E-state index in [0.29, 0.717) is 17.5 Å². The fourth-order valence-electron chi connectivity index (χ4n) is 3.24. The number of hydrogen-bond donors (Lipinski definition) is 0. The fraction of sp³-hybridized carbons (Fsp3) is 0.929. The molecule has 2 heteroatoms. The molecule has 2 nitrogen and oxygen atoms in total. The zero-order valence-corrected chi connectivity index (χ0v) is 11.0. The van der Waals surface area contributed by atoms with Gasteiger partial charge in [-0.05, 0) is 38.5 Å². The Morgan fingerprint density at radius 1 is 1.38 bits per heavy atom. The molecule has 0 radical (unpaired) electrons. The third-order valence-corrected chi connectivity index (χ3v) is 4.24. The molecule has 2 aliphatic rings. The van der Waals surface area contributed by atoms with E-state index in [9.17, 15) is 4.79 Å². The third kappa shape index (κ3) is 1.99. The van der Waals surface area contributed by atoms with Crippen molar-refractivity contribution in [2.45, 2.75) is 77.3 Å². The number of piperidine rings is 1. The zero-order chi connectivity index (χ0) is 11.8. The number of nitrogens with zero attached hydrogens (tertiary/aromatic N) is 1. The molecular weight excluding hydrogens is 198 g/mol. The van der Waals surface area contributed by atoms with Crippen molar-refractivity contribution in [2.24, 2.45) is 5.92 Å². The molecule has 1 aliphatic carbocycles. The number of rotatable bonds is 3. The standard InChI is InChI=1S/C14H25NO/c1-4-6-12-7-5-8-14(9-10-14)15(12)13(16)11(2)3/h11-12H,4-10H2,1-3H3. The fourth-order valence-corrected chi connectivity index (χ4v) is 3.24. The predicted molar refractivity (Wildman–Crippen MR) is 66.2 cm³/mol. The van der Waals surface area contributed by atoms with Crippen LogP contribution in [0.4, 0.5) is 0 Å². The maximum absolute atomic E-state index is 12.4. The summed E-state index contributed by atoms with van der Waals surface area (Å²) in [5.74, 6) is 0.561. The van der Waals surface area contributed by atoms with Crippen molar-refractivity contribution in [3.8, 4) is 0 Å². The van der Waals surface area contributed by atoms with Crippen molar-refractivity contribution in [2.75, 3.05) is 0 Å². The van der Waals surface area contributed by atoms with E-state index in [0.717, 1.165) is 0 Å². The van der Waals surface area contributed by atoms with Crippen molar-refractivity contribution >= 4 is 5.91 Å². The molecule has 0 aromatic rings. The van der Waals surface area contributed by atoms with Gasteiger partial charge in [-0.3, -0.25) is 4.79 Å². The van der Waals surface area contributed by atoms with Gasteiger partial charge in [-0.1, -0.05) is 27.2 Å². The summed E-state index contributed by atoms with van der Waals surface area (Å²) >= 11 is 0. The highest BCUT2D eigenvalue weighted by Gasteiger charge is 2.53. The molecule has 1 heterocycles. The van der Waals surface area contributed by atoms with Crippen molar-refractivity contribution in [1.29, 1.82) is 0 Å². The lowest BCUT2D eigenvalue weighted by Crippen LogP contribution is -2.53. The first-order chi connectivity index (χ1) is 7.60. The van der Waals surface area contributed by atoms with Crippen molar-refractivity contribution in [3.63, 3.8) is 0 Å². The summed E-state index contributed by atoms with van der Waals surface area (Å²) in [6.07, 6.45) is 8.71. The van der Waals surface area contributed by atoms with E-state index in [-0.39, 0.29) is 5.92 Å². The van der Waals surface area contributed by atoms with Gasteiger partial charge in [0.25, 0.3) is 0 Å². The van der Waals surface area contributed by atoms with E-state index in [4.69, 9.17) is 0 Å². The van der Waals surface area contributed by atoms with Gasteiger partial charge in [0.15, 0.2) is 0 Å². The summed E-state index contributed by atoms with van der Waals surface area (Å²) in [5, 5.41) is 0. The lowest BCUT2D eigenvalue weighted by atomic mass is 9.90. The number of carbonyl (C=O) groups is 1. The summed E-state index contributed by atoms with van der Waals surface area (Å²) in [7, 11) is 0. The Bertz CT molecular complexity index is 266. The van der Waals surface area contributed by atoms with E-state index in [1.54, 1.807) is 0 Å². The molecule has 92 valence electrons. The maximum atomic E-state index is 12.4. The van der Waals surface area contributed by atoms with E-state index in [1.807, 2.05) is 13.8 Å². The van der Waals surface area contributed by atoms with Crippen molar-refractivity contribution < 1.29 is 4.79 Å². The number of amides is 1. The zero-order valence-electron chi connectivity index (χ0n) is 11.0. The molecular formula is C14H25NO. The molecule has 0 N–H and O–H groups in total. The smallest absolute Gasteiger partial charge is 0.225 e. The van der Waals surface area contributed by atoms with Gasteiger partial charge >= 0.3 is 0 Å². The molecule has 2 fully saturated rings. The number of hydrogen-bond acceptors (Lipinski definition) is 1. The summed E-state index contributed by atoms with van der Waals surface area (Å²) < 4.78 is 0. The minimum atomic E-state index is 0.162. The quantitative estimate of drug-likeness (QED) is 0.718. The monoisotopic (exact) mass is 223 g/mol. The molecule has 1 unspecified atom stereocenters. The predicted octanol–water partition coefficient (Wildman–Crippen LogP) is 3.36. The molecule has 0 aromatic heterocycles. The lowest BCUT2D eigenvalue weighted by Gasteiger charge is -2.44. The Hall–Kier alpha value is -0.530. The summed E-state index contributed by atoms with van der Waals surface area (Å²) in [6, 6.07) is 0.538. The minimum Gasteiger partial charge on any atom is -0.334 e. The molecule has 16 heavy (non-hydrogen) atoms. The van der Waals surface area contributed by atoms with Crippen LogP contribution in [0.25, 0.3) is 0 Å². The topological polar surface area (TPSA) is 20.3 Å². The van der Waals surface area contributed by atoms with E-state index in [1.165, 1.54) is 44.9 Å². The number of carbonyl (C=O) groups excluding carboxylic acids is 1. The number of likely N-dealkylation sites (tertiary alicyclic amines) is 1. The van der Waals surface area contributed by atoms with Gasteiger partial charge in [0.05, 0.1) is 0 Å². The Balaban J connectivity index is 2.15. The van der Waals surface area contributed by atoms with Crippen molar-refractivity contribution in [1.82, 2.24) is 4.90 Å². The Morgan fingerprint density at radius 3 is 2.56 bits per heavy atom. The minimum absolute atomic E-state index is 0.162. The molecule has 0 aromatic carbocycles. The van der Waals surface area contributed by atoms with Gasteiger partial charge in [-0.25, -0.2) is 0 Å². The largest absolute Gasteiger partial charge is 0.334 e. The summed E-state index contributed by atoms with van der Waals surface area (Å²) in [5.41, 5.74) is 0.305. The van der Waals surface area contributed by atoms with Gasteiger partial charge < -0.3 is 4.90 Å². The molecule has 1 amide bonds. The molecule has 1 spiro atoms. The molecule has 1 saturated carbocycles. The van der Waals surface area contributed by atoms with Gasteiger partial charge in [0, 0.05) is 17.5 Å². The highest BCUT2D eigenvalue weighted by Crippen LogP contribution is 2.51. The van der Waals surface area contributed by atoms with Crippen LogP contribution < -0.4 is 0 Å². The van der Waals surface area contributed by atoms with E-state index in [2.05, 4.69) is 11.8 Å². The highest BCUT2D eigenvalue weighted by molar-refractivity contribution is 5.80. The Morgan fingerprint density at radius 2 is 2.06 bits per heavy atom. The normalized spacial score (nSPS) is 27.5. The molecule has 0 bridgehead atoms. The molecule has 1 saturated heterocycles. The van der Waals surface area contributed by atoms with Crippen LogP contribution in [0.1, 0.15) is 65.7 Å². The molecule has 2 rings (SSSR count). The molecule has 1 atom stereocenters. The van der Waals surface area contributed by atoms with Crippen LogP contribution >= 0.6 is 0 Å². The highest BCUT2D eigenvalue weighted by atomic mass is 16.2. The first kappa shape index (κ1) is 11.9. The first-order valence-corrected chi connectivity index (χ1v) is 6.94. The van der Waals surface area contributed by atoms with Crippen LogP contribution in [0.2, 0.25) is 0 Å². The van der Waals surface area contributed by atoms with Gasteiger partial charge in [0.2, 0.25) is 5.91 Å². The first-order valence-electron chi connectivity index (χ1n) is 6.94. The summed E-state index contributed by atoms with van der Waals surface area (Å²) in [6.45, 7) is 6.30. The Kier molecular flexibility index (Phi) is 3.27. The Labute approximate surface area is 99.4 Å². The van der Waals surface area contributed by atoms with Gasteiger partial charge in [0.1, 0.15) is 0 Å². The van der Waals surface area contributed by atoms with Crippen molar-refractivity contribution in [3.05, 3.63) is 0 Å². The van der Waals surface area contributed by atoms with Crippen LogP contribution in [0.5, 0.6) is 0 Å². The third-order valence-electron chi connectivity index (χ3n) is 4.24. The van der Waals surface area contributed by atoms with Crippen LogP contribution in [-0.2, 0) is 4.79 Å².